The summed E-state index contributed by atoms with van der Waals surface area (Å²) in [5.41, 5.74) is 7.92. The molecule has 4 heteroatoms. The lowest BCUT2D eigenvalue weighted by Crippen LogP contribution is -2.10. The summed E-state index contributed by atoms with van der Waals surface area (Å²) in [4.78, 5) is 4.41. The Balaban J connectivity index is 2.02. The van der Waals surface area contributed by atoms with Crippen molar-refractivity contribution < 1.29 is 4.74 Å². The molecule has 20 heavy (non-hydrogen) atoms. The Kier molecular flexibility index (Phi) is 4.14. The molecule has 0 aliphatic carbocycles. The van der Waals surface area contributed by atoms with Crippen LogP contribution in [0.15, 0.2) is 30.5 Å². The van der Waals surface area contributed by atoms with Gasteiger partial charge in [0.05, 0.1) is 5.69 Å². The van der Waals surface area contributed by atoms with Crippen molar-refractivity contribution in [1.82, 2.24) is 9.55 Å². The average Bonchev–Trinajstić information content (AvgIpc) is 2.76. The highest BCUT2D eigenvalue weighted by molar-refractivity contribution is 5.31. The van der Waals surface area contributed by atoms with E-state index in [4.69, 9.17) is 10.5 Å². The second kappa shape index (κ2) is 5.67. The van der Waals surface area contributed by atoms with E-state index >= 15 is 0 Å². The molecule has 0 saturated carbocycles. The van der Waals surface area contributed by atoms with Crippen LogP contribution in [0, 0.1) is 0 Å². The Hall–Kier alpha value is -1.81. The van der Waals surface area contributed by atoms with Gasteiger partial charge in [-0.05, 0) is 23.1 Å². The molecule has 2 rings (SSSR count). The van der Waals surface area contributed by atoms with E-state index in [9.17, 15) is 0 Å². The van der Waals surface area contributed by atoms with Crippen LogP contribution in [-0.4, -0.2) is 9.55 Å². The molecule has 0 aliphatic rings. The lowest BCUT2D eigenvalue weighted by atomic mass is 9.87. The molecule has 0 spiro atoms. The zero-order chi connectivity index (χ0) is 14.8. The standard InChI is InChI=1S/C16H23N3O/c1-16(2,3)12-5-7-14(8-6-12)20-11-15-18-13(9-17)10-19(15)4/h5-8,10H,9,11,17H2,1-4H3. The number of nitrogens with two attached hydrogens (primary N) is 1. The Morgan fingerprint density at radius 3 is 2.35 bits per heavy atom. The first kappa shape index (κ1) is 14.6. The van der Waals surface area contributed by atoms with Crippen LogP contribution in [0.3, 0.4) is 0 Å². The molecule has 2 N–H and O–H groups in total. The second-order valence-electron chi connectivity index (χ2n) is 6.03. The third-order valence-corrected chi connectivity index (χ3v) is 3.32. The predicted molar refractivity (Wildman–Crippen MR) is 80.6 cm³/mol. The number of hydrogen-bond acceptors (Lipinski definition) is 3. The molecule has 1 heterocycles. The lowest BCUT2D eigenvalue weighted by molar-refractivity contribution is 0.291. The van der Waals surface area contributed by atoms with E-state index in [1.807, 2.05) is 29.9 Å². The van der Waals surface area contributed by atoms with Crippen LogP contribution in [0.25, 0.3) is 0 Å². The van der Waals surface area contributed by atoms with Crippen LogP contribution < -0.4 is 10.5 Å². The molecule has 0 fully saturated rings. The van der Waals surface area contributed by atoms with Crippen LogP contribution in [0.4, 0.5) is 0 Å². The van der Waals surface area contributed by atoms with Gasteiger partial charge in [0.25, 0.3) is 0 Å². The molecule has 108 valence electrons. The predicted octanol–water partition coefficient (Wildman–Crippen LogP) is 2.76. The number of nitrogens with zero attached hydrogens (tertiary/aromatic N) is 2. The minimum Gasteiger partial charge on any atom is -0.486 e. The smallest absolute Gasteiger partial charge is 0.146 e. The Labute approximate surface area is 120 Å². The maximum atomic E-state index is 5.77. The van der Waals surface area contributed by atoms with E-state index in [0.717, 1.165) is 17.3 Å². The first-order valence-corrected chi connectivity index (χ1v) is 6.84. The monoisotopic (exact) mass is 273 g/mol. The van der Waals surface area contributed by atoms with Crippen molar-refractivity contribution >= 4 is 0 Å². The highest BCUT2D eigenvalue weighted by Crippen LogP contribution is 2.24. The first-order valence-electron chi connectivity index (χ1n) is 6.84. The number of benzene rings is 1. The van der Waals surface area contributed by atoms with Crippen molar-refractivity contribution in [2.75, 3.05) is 0 Å². The number of rotatable bonds is 4. The minimum absolute atomic E-state index is 0.161. The fraction of sp³-hybridized carbons (Fsp3) is 0.438. The maximum absolute atomic E-state index is 5.77. The molecule has 1 aromatic carbocycles. The van der Waals surface area contributed by atoms with Gasteiger partial charge in [-0.25, -0.2) is 4.98 Å². The van der Waals surface area contributed by atoms with Gasteiger partial charge in [0, 0.05) is 19.8 Å². The summed E-state index contributed by atoms with van der Waals surface area (Å²) in [6, 6.07) is 8.23. The van der Waals surface area contributed by atoms with Gasteiger partial charge in [0.1, 0.15) is 18.2 Å². The van der Waals surface area contributed by atoms with Gasteiger partial charge in [0.2, 0.25) is 0 Å². The largest absolute Gasteiger partial charge is 0.486 e. The number of aryl methyl sites for hydroxylation is 1. The molecule has 1 aromatic heterocycles. The molecule has 0 bridgehead atoms. The van der Waals surface area contributed by atoms with E-state index in [1.54, 1.807) is 0 Å². The SMILES string of the molecule is Cn1cc(CN)nc1COc1ccc(C(C)(C)C)cc1. The van der Waals surface area contributed by atoms with Gasteiger partial charge in [-0.1, -0.05) is 32.9 Å². The molecule has 2 aromatic rings. The lowest BCUT2D eigenvalue weighted by Gasteiger charge is -2.19. The summed E-state index contributed by atoms with van der Waals surface area (Å²) in [6.07, 6.45) is 1.93. The van der Waals surface area contributed by atoms with Gasteiger partial charge in [-0.15, -0.1) is 0 Å². The van der Waals surface area contributed by atoms with Crippen molar-refractivity contribution in [2.45, 2.75) is 39.3 Å². The molecule has 0 unspecified atom stereocenters. The van der Waals surface area contributed by atoms with E-state index in [-0.39, 0.29) is 5.41 Å². The number of aromatic nitrogens is 2. The summed E-state index contributed by atoms with van der Waals surface area (Å²) in [5.74, 6) is 1.74. The number of imidazole rings is 1. The second-order valence-corrected chi connectivity index (χ2v) is 6.03. The highest BCUT2D eigenvalue weighted by atomic mass is 16.5. The van der Waals surface area contributed by atoms with E-state index in [1.165, 1.54) is 5.56 Å². The van der Waals surface area contributed by atoms with Gasteiger partial charge in [-0.3, -0.25) is 0 Å². The first-order chi connectivity index (χ1) is 9.40. The molecule has 0 saturated heterocycles. The fourth-order valence-electron chi connectivity index (χ4n) is 2.00. The van der Waals surface area contributed by atoms with Crippen LogP contribution in [0.5, 0.6) is 5.75 Å². The quantitative estimate of drug-likeness (QED) is 0.932. The Morgan fingerprint density at radius 1 is 1.20 bits per heavy atom. The zero-order valence-electron chi connectivity index (χ0n) is 12.7. The molecule has 0 atom stereocenters. The van der Waals surface area contributed by atoms with Gasteiger partial charge in [0.15, 0.2) is 0 Å². The zero-order valence-corrected chi connectivity index (χ0v) is 12.7. The molecule has 4 nitrogen and oxygen atoms in total. The van der Waals surface area contributed by atoms with Crippen LogP contribution >= 0.6 is 0 Å². The van der Waals surface area contributed by atoms with Crippen LogP contribution in [-0.2, 0) is 25.6 Å². The van der Waals surface area contributed by atoms with Crippen LogP contribution in [0.1, 0.15) is 37.9 Å². The van der Waals surface area contributed by atoms with Crippen molar-refractivity contribution in [2.24, 2.45) is 12.8 Å². The minimum atomic E-state index is 0.161. The molecule has 0 radical (unpaired) electrons. The summed E-state index contributed by atoms with van der Waals surface area (Å²) in [7, 11) is 1.95. The topological polar surface area (TPSA) is 53.1 Å². The molecular formula is C16H23N3O. The summed E-state index contributed by atoms with van der Waals surface area (Å²) in [6.45, 7) is 7.50. The maximum Gasteiger partial charge on any atom is 0.146 e. The van der Waals surface area contributed by atoms with Crippen molar-refractivity contribution in [3.05, 3.63) is 47.5 Å². The van der Waals surface area contributed by atoms with E-state index < -0.39 is 0 Å². The van der Waals surface area contributed by atoms with Crippen LogP contribution in [0.2, 0.25) is 0 Å². The van der Waals surface area contributed by atoms with Crippen molar-refractivity contribution in [1.29, 1.82) is 0 Å². The summed E-state index contributed by atoms with van der Waals surface area (Å²) < 4.78 is 7.72. The Morgan fingerprint density at radius 2 is 1.85 bits per heavy atom. The highest BCUT2D eigenvalue weighted by Gasteiger charge is 2.13. The molecule has 0 aliphatic heterocycles. The number of hydrogen-bond donors (Lipinski definition) is 1. The normalized spacial score (nSPS) is 11.7. The van der Waals surface area contributed by atoms with Gasteiger partial charge in [-0.2, -0.15) is 0 Å². The van der Waals surface area contributed by atoms with Gasteiger partial charge >= 0.3 is 0 Å². The van der Waals surface area contributed by atoms with Crippen molar-refractivity contribution in [3.8, 4) is 5.75 Å². The average molecular weight is 273 g/mol. The summed E-state index contributed by atoms with van der Waals surface area (Å²) in [5, 5.41) is 0. The fourth-order valence-corrected chi connectivity index (χ4v) is 2.00. The third-order valence-electron chi connectivity index (χ3n) is 3.32. The van der Waals surface area contributed by atoms with Crippen molar-refractivity contribution in [3.63, 3.8) is 0 Å². The van der Waals surface area contributed by atoms with Gasteiger partial charge < -0.3 is 15.0 Å². The molecular weight excluding hydrogens is 250 g/mol. The van der Waals surface area contributed by atoms with E-state index in [2.05, 4.69) is 37.9 Å². The van der Waals surface area contributed by atoms with E-state index in [0.29, 0.717) is 13.2 Å². The number of ether oxygens (including phenoxy) is 1. The summed E-state index contributed by atoms with van der Waals surface area (Å²) >= 11 is 0. The molecule has 0 amide bonds. The third kappa shape index (κ3) is 3.39. The Bertz CT molecular complexity index is 564.